The van der Waals surface area contributed by atoms with Crippen molar-refractivity contribution in [1.29, 1.82) is 0 Å². The normalized spacial score (nSPS) is 29.2. The maximum Gasteiger partial charge on any atom is 0.0638 e. The highest BCUT2D eigenvalue weighted by molar-refractivity contribution is 4.93. The van der Waals surface area contributed by atoms with Gasteiger partial charge < -0.3 is 15.6 Å². The molecule has 0 amide bonds. The fourth-order valence-electron chi connectivity index (χ4n) is 3.17. The number of nitrogens with two attached hydrogens (primary N) is 1. The average molecular weight is 213 g/mol. The topological polar surface area (TPSA) is 55.5 Å². The van der Waals surface area contributed by atoms with E-state index < -0.39 is 0 Å². The van der Waals surface area contributed by atoms with Crippen LogP contribution in [0.4, 0.5) is 0 Å². The Balaban J connectivity index is 2.02. The van der Waals surface area contributed by atoms with Gasteiger partial charge in [0.2, 0.25) is 0 Å². The summed E-state index contributed by atoms with van der Waals surface area (Å²) in [6, 6.07) is 0. The zero-order valence-corrected chi connectivity index (χ0v) is 9.45. The van der Waals surface area contributed by atoms with Crippen LogP contribution in [0.3, 0.4) is 0 Å². The lowest BCUT2D eigenvalue weighted by Crippen LogP contribution is -2.48. The molecule has 2 aliphatic rings. The van der Waals surface area contributed by atoms with Crippen LogP contribution in [-0.4, -0.2) is 31.0 Å². The number of rotatable bonds is 3. The standard InChI is InChI=1S/C12H23NO2/c13-9-12(5-7-15-8-6-12)11(14)10-3-1-2-4-10/h10-11,14H,1-9,13H2. The molecule has 2 fully saturated rings. The number of ether oxygens (including phenoxy) is 1. The molecule has 1 atom stereocenters. The first-order valence-corrected chi connectivity index (χ1v) is 6.24. The van der Waals surface area contributed by atoms with Gasteiger partial charge in [-0.25, -0.2) is 0 Å². The molecule has 1 aliphatic carbocycles. The van der Waals surface area contributed by atoms with Gasteiger partial charge in [0.25, 0.3) is 0 Å². The Kier molecular flexibility index (Phi) is 3.65. The van der Waals surface area contributed by atoms with Gasteiger partial charge in [0.15, 0.2) is 0 Å². The summed E-state index contributed by atoms with van der Waals surface area (Å²) < 4.78 is 5.37. The molecular formula is C12H23NO2. The van der Waals surface area contributed by atoms with E-state index in [0.29, 0.717) is 12.5 Å². The molecule has 88 valence electrons. The molecule has 0 aromatic carbocycles. The molecular weight excluding hydrogens is 190 g/mol. The van der Waals surface area contributed by atoms with Gasteiger partial charge in [-0.3, -0.25) is 0 Å². The van der Waals surface area contributed by atoms with Crippen LogP contribution in [-0.2, 0) is 4.74 Å². The number of hydrogen-bond donors (Lipinski definition) is 2. The van der Waals surface area contributed by atoms with E-state index in [2.05, 4.69) is 0 Å². The third-order valence-electron chi connectivity index (χ3n) is 4.37. The van der Waals surface area contributed by atoms with E-state index in [1.807, 2.05) is 0 Å². The van der Waals surface area contributed by atoms with Crippen molar-refractivity contribution in [2.75, 3.05) is 19.8 Å². The minimum atomic E-state index is -0.200. The van der Waals surface area contributed by atoms with Crippen LogP contribution < -0.4 is 5.73 Å². The molecule has 1 aliphatic heterocycles. The van der Waals surface area contributed by atoms with E-state index in [4.69, 9.17) is 10.5 Å². The lowest BCUT2D eigenvalue weighted by molar-refractivity contribution is -0.0789. The molecule has 3 N–H and O–H groups in total. The predicted molar refractivity (Wildman–Crippen MR) is 59.5 cm³/mol. The molecule has 3 heteroatoms. The highest BCUT2D eigenvalue weighted by atomic mass is 16.5. The van der Waals surface area contributed by atoms with Crippen LogP contribution in [0.25, 0.3) is 0 Å². The number of hydrogen-bond acceptors (Lipinski definition) is 3. The fraction of sp³-hybridized carbons (Fsp3) is 1.00. The fourth-order valence-corrected chi connectivity index (χ4v) is 3.17. The summed E-state index contributed by atoms with van der Waals surface area (Å²) in [5, 5.41) is 10.5. The van der Waals surface area contributed by atoms with Crippen LogP contribution in [0.2, 0.25) is 0 Å². The zero-order chi connectivity index (χ0) is 10.7. The second-order valence-electron chi connectivity index (χ2n) is 5.17. The number of aliphatic hydroxyl groups is 1. The van der Waals surface area contributed by atoms with E-state index in [-0.39, 0.29) is 11.5 Å². The summed E-state index contributed by atoms with van der Waals surface area (Å²) in [6.45, 7) is 2.13. The van der Waals surface area contributed by atoms with Crippen molar-refractivity contribution >= 4 is 0 Å². The number of aliphatic hydroxyl groups excluding tert-OH is 1. The lowest BCUT2D eigenvalue weighted by atomic mass is 9.70. The van der Waals surface area contributed by atoms with Crippen molar-refractivity contribution in [3.05, 3.63) is 0 Å². The molecule has 2 rings (SSSR count). The molecule has 15 heavy (non-hydrogen) atoms. The third kappa shape index (κ3) is 2.19. The van der Waals surface area contributed by atoms with E-state index in [0.717, 1.165) is 26.1 Å². The Hall–Kier alpha value is -0.120. The highest BCUT2D eigenvalue weighted by Crippen LogP contribution is 2.41. The molecule has 1 unspecified atom stereocenters. The Labute approximate surface area is 92.0 Å². The first-order chi connectivity index (χ1) is 7.28. The van der Waals surface area contributed by atoms with Crippen LogP contribution in [0, 0.1) is 11.3 Å². The molecule has 0 radical (unpaired) electrons. The van der Waals surface area contributed by atoms with E-state index in [9.17, 15) is 5.11 Å². The molecule has 0 aromatic heterocycles. The van der Waals surface area contributed by atoms with Gasteiger partial charge in [-0.1, -0.05) is 12.8 Å². The molecule has 1 saturated carbocycles. The lowest BCUT2D eigenvalue weighted by Gasteiger charge is -2.42. The van der Waals surface area contributed by atoms with Gasteiger partial charge >= 0.3 is 0 Å². The largest absolute Gasteiger partial charge is 0.392 e. The molecule has 0 aromatic rings. The SMILES string of the molecule is NCC1(C(O)C2CCCC2)CCOCC1. The molecule has 1 heterocycles. The first kappa shape index (κ1) is 11.4. The summed E-state index contributed by atoms with van der Waals surface area (Å²) in [5.41, 5.74) is 5.84. The van der Waals surface area contributed by atoms with Crippen molar-refractivity contribution < 1.29 is 9.84 Å². The minimum Gasteiger partial charge on any atom is -0.392 e. The van der Waals surface area contributed by atoms with E-state index in [1.54, 1.807) is 0 Å². The van der Waals surface area contributed by atoms with Gasteiger partial charge in [0.05, 0.1) is 6.10 Å². The smallest absolute Gasteiger partial charge is 0.0638 e. The highest BCUT2D eigenvalue weighted by Gasteiger charge is 2.42. The van der Waals surface area contributed by atoms with Crippen molar-refractivity contribution in [2.45, 2.75) is 44.6 Å². The molecule has 3 nitrogen and oxygen atoms in total. The van der Waals surface area contributed by atoms with Gasteiger partial charge in [0, 0.05) is 25.2 Å². The van der Waals surface area contributed by atoms with Gasteiger partial charge in [-0.05, 0) is 31.6 Å². The molecule has 0 spiro atoms. The monoisotopic (exact) mass is 213 g/mol. The average Bonchev–Trinajstić information content (AvgIpc) is 2.82. The quantitative estimate of drug-likeness (QED) is 0.743. The summed E-state index contributed by atoms with van der Waals surface area (Å²) in [4.78, 5) is 0. The maximum absolute atomic E-state index is 10.5. The molecule has 0 bridgehead atoms. The summed E-state index contributed by atoms with van der Waals surface area (Å²) >= 11 is 0. The Bertz CT molecular complexity index is 196. The summed E-state index contributed by atoms with van der Waals surface area (Å²) in [6.07, 6.45) is 6.59. The maximum atomic E-state index is 10.5. The van der Waals surface area contributed by atoms with E-state index in [1.165, 1.54) is 25.7 Å². The van der Waals surface area contributed by atoms with Crippen LogP contribution in [0.5, 0.6) is 0 Å². The van der Waals surface area contributed by atoms with Crippen molar-refractivity contribution in [3.63, 3.8) is 0 Å². The van der Waals surface area contributed by atoms with Gasteiger partial charge in [-0.15, -0.1) is 0 Å². The minimum absolute atomic E-state index is 0.0484. The summed E-state index contributed by atoms with van der Waals surface area (Å²) in [5.74, 6) is 0.492. The summed E-state index contributed by atoms with van der Waals surface area (Å²) in [7, 11) is 0. The zero-order valence-electron chi connectivity index (χ0n) is 9.45. The van der Waals surface area contributed by atoms with Crippen LogP contribution >= 0.6 is 0 Å². The van der Waals surface area contributed by atoms with Gasteiger partial charge in [0.1, 0.15) is 0 Å². The van der Waals surface area contributed by atoms with E-state index >= 15 is 0 Å². The van der Waals surface area contributed by atoms with Crippen molar-refractivity contribution in [3.8, 4) is 0 Å². The third-order valence-corrected chi connectivity index (χ3v) is 4.37. The Morgan fingerprint density at radius 2 is 1.87 bits per heavy atom. The van der Waals surface area contributed by atoms with Crippen LogP contribution in [0.15, 0.2) is 0 Å². The second kappa shape index (κ2) is 4.81. The Morgan fingerprint density at radius 1 is 1.27 bits per heavy atom. The Morgan fingerprint density at radius 3 is 2.40 bits per heavy atom. The van der Waals surface area contributed by atoms with Crippen LogP contribution in [0.1, 0.15) is 38.5 Å². The van der Waals surface area contributed by atoms with Crippen molar-refractivity contribution in [2.24, 2.45) is 17.1 Å². The van der Waals surface area contributed by atoms with Gasteiger partial charge in [-0.2, -0.15) is 0 Å². The first-order valence-electron chi connectivity index (χ1n) is 6.24. The second-order valence-corrected chi connectivity index (χ2v) is 5.17. The predicted octanol–water partition coefficient (Wildman–Crippen LogP) is 1.29. The molecule has 1 saturated heterocycles. The van der Waals surface area contributed by atoms with Crippen molar-refractivity contribution in [1.82, 2.24) is 0 Å².